The molecule has 0 spiro atoms. The van der Waals surface area contributed by atoms with Crippen LogP contribution >= 0.6 is 0 Å². The highest BCUT2D eigenvalue weighted by Crippen LogP contribution is 2.18. The summed E-state index contributed by atoms with van der Waals surface area (Å²) >= 11 is 0. The Kier molecular flexibility index (Phi) is 3.44. The number of nitrogens with one attached hydrogen (secondary N) is 1. The highest BCUT2D eigenvalue weighted by atomic mass is 32.2. The van der Waals surface area contributed by atoms with E-state index in [0.717, 1.165) is 5.41 Å². The molecule has 1 heterocycles. The van der Waals surface area contributed by atoms with Crippen molar-refractivity contribution >= 4 is 15.7 Å². The van der Waals surface area contributed by atoms with Crippen LogP contribution in [0.15, 0.2) is 11.5 Å². The summed E-state index contributed by atoms with van der Waals surface area (Å²) in [4.78, 5) is 11.7. The highest BCUT2D eigenvalue weighted by Gasteiger charge is 2.30. The number of sulfone groups is 1. The molecule has 0 aromatic rings. The predicted octanol–water partition coefficient (Wildman–Crippen LogP) is -0.213. The Morgan fingerprint density at radius 1 is 1.50 bits per heavy atom. The van der Waals surface area contributed by atoms with Crippen LogP contribution in [-0.2, 0) is 14.6 Å². The summed E-state index contributed by atoms with van der Waals surface area (Å²) in [6.45, 7) is 5.58. The van der Waals surface area contributed by atoms with Crippen LogP contribution in [-0.4, -0.2) is 32.2 Å². The molecule has 1 rings (SSSR count). The van der Waals surface area contributed by atoms with E-state index in [1.807, 2.05) is 20.8 Å². The van der Waals surface area contributed by atoms with Gasteiger partial charge in [-0.3, -0.25) is 4.79 Å². The summed E-state index contributed by atoms with van der Waals surface area (Å²) in [6.07, 6.45) is 1.47. The standard InChI is InChI=1S/C10H18N2O3S/c1-10(2,3)8(11)9(13)12-7-4-5-16(14,15)6-7/h4-5,7-8H,6,11H2,1-3H3,(H,12,13)/t7?,8-/m1/s1. The maximum Gasteiger partial charge on any atom is 0.237 e. The molecule has 6 heteroatoms. The predicted molar refractivity (Wildman–Crippen MR) is 62.3 cm³/mol. The van der Waals surface area contributed by atoms with Gasteiger partial charge in [0, 0.05) is 5.41 Å². The minimum absolute atomic E-state index is 0.0738. The lowest BCUT2D eigenvalue weighted by atomic mass is 9.87. The molecule has 0 bridgehead atoms. The summed E-state index contributed by atoms with van der Waals surface area (Å²) < 4.78 is 22.2. The monoisotopic (exact) mass is 246 g/mol. The molecule has 1 aliphatic rings. The van der Waals surface area contributed by atoms with E-state index < -0.39 is 21.9 Å². The normalized spacial score (nSPS) is 25.4. The van der Waals surface area contributed by atoms with E-state index in [-0.39, 0.29) is 17.1 Å². The SMILES string of the molecule is CC(C)(C)[C@H](N)C(=O)NC1C=CS(=O)(=O)C1. The summed E-state index contributed by atoms with van der Waals surface area (Å²) in [5, 5.41) is 3.74. The van der Waals surface area contributed by atoms with Crippen molar-refractivity contribution in [1.29, 1.82) is 0 Å². The minimum atomic E-state index is -3.14. The second-order valence-corrected chi connectivity index (χ2v) is 7.05. The van der Waals surface area contributed by atoms with E-state index in [9.17, 15) is 13.2 Å². The van der Waals surface area contributed by atoms with Gasteiger partial charge in [0.25, 0.3) is 0 Å². The van der Waals surface area contributed by atoms with Crippen molar-refractivity contribution in [3.63, 3.8) is 0 Å². The lowest BCUT2D eigenvalue weighted by Gasteiger charge is -2.26. The Morgan fingerprint density at radius 3 is 2.44 bits per heavy atom. The Bertz CT molecular complexity index is 406. The van der Waals surface area contributed by atoms with Gasteiger partial charge in [-0.05, 0) is 11.5 Å². The molecule has 92 valence electrons. The first kappa shape index (κ1) is 13.2. The number of rotatable bonds is 2. The molecule has 2 atom stereocenters. The number of nitrogens with two attached hydrogens (primary N) is 1. The molecule has 16 heavy (non-hydrogen) atoms. The van der Waals surface area contributed by atoms with Gasteiger partial charge in [-0.2, -0.15) is 0 Å². The van der Waals surface area contributed by atoms with E-state index in [2.05, 4.69) is 5.32 Å². The molecule has 0 saturated carbocycles. The lowest BCUT2D eigenvalue weighted by Crippen LogP contribution is -2.51. The van der Waals surface area contributed by atoms with Crippen molar-refractivity contribution in [3.05, 3.63) is 11.5 Å². The van der Waals surface area contributed by atoms with Crippen LogP contribution < -0.4 is 11.1 Å². The molecular weight excluding hydrogens is 228 g/mol. The molecule has 0 saturated heterocycles. The second-order valence-electron chi connectivity index (χ2n) is 5.12. The van der Waals surface area contributed by atoms with Crippen LogP contribution in [0.25, 0.3) is 0 Å². The van der Waals surface area contributed by atoms with E-state index >= 15 is 0 Å². The fourth-order valence-electron chi connectivity index (χ4n) is 1.33. The van der Waals surface area contributed by atoms with Crippen LogP contribution in [0.3, 0.4) is 0 Å². The zero-order valence-corrected chi connectivity index (χ0v) is 10.5. The van der Waals surface area contributed by atoms with E-state index in [1.54, 1.807) is 0 Å². The van der Waals surface area contributed by atoms with Gasteiger partial charge in [-0.1, -0.05) is 20.8 Å². The first-order chi connectivity index (χ1) is 7.12. The van der Waals surface area contributed by atoms with Crippen LogP contribution in [0.5, 0.6) is 0 Å². The minimum Gasteiger partial charge on any atom is -0.347 e. The van der Waals surface area contributed by atoms with E-state index in [0.29, 0.717) is 0 Å². The molecule has 0 aliphatic carbocycles. The average molecular weight is 246 g/mol. The van der Waals surface area contributed by atoms with Gasteiger partial charge < -0.3 is 11.1 Å². The Labute approximate surface area is 96.0 Å². The van der Waals surface area contributed by atoms with Gasteiger partial charge in [0.05, 0.1) is 17.8 Å². The van der Waals surface area contributed by atoms with E-state index in [4.69, 9.17) is 5.73 Å². The van der Waals surface area contributed by atoms with Gasteiger partial charge in [0.15, 0.2) is 9.84 Å². The van der Waals surface area contributed by atoms with Crippen molar-refractivity contribution in [1.82, 2.24) is 5.32 Å². The fraction of sp³-hybridized carbons (Fsp3) is 0.700. The Hall–Kier alpha value is -0.880. The third kappa shape index (κ3) is 3.31. The zero-order chi connectivity index (χ0) is 12.6. The molecule has 1 aliphatic heterocycles. The topological polar surface area (TPSA) is 89.3 Å². The molecule has 5 nitrogen and oxygen atoms in total. The van der Waals surface area contributed by atoms with Crippen LogP contribution in [0.1, 0.15) is 20.8 Å². The van der Waals surface area contributed by atoms with Gasteiger partial charge in [-0.15, -0.1) is 0 Å². The molecule has 0 aromatic carbocycles. The number of amides is 1. The number of carbonyl (C=O) groups is 1. The third-order valence-corrected chi connectivity index (χ3v) is 3.87. The van der Waals surface area contributed by atoms with Gasteiger partial charge in [0.2, 0.25) is 5.91 Å². The molecule has 1 amide bonds. The van der Waals surface area contributed by atoms with Crippen molar-refractivity contribution in [2.24, 2.45) is 11.1 Å². The van der Waals surface area contributed by atoms with Crippen LogP contribution in [0.4, 0.5) is 0 Å². The summed E-state index contributed by atoms with van der Waals surface area (Å²) in [5.41, 5.74) is 5.41. The van der Waals surface area contributed by atoms with Crippen molar-refractivity contribution < 1.29 is 13.2 Å². The highest BCUT2D eigenvalue weighted by molar-refractivity contribution is 7.94. The lowest BCUT2D eigenvalue weighted by molar-refractivity contribution is -0.124. The first-order valence-corrected chi connectivity index (χ1v) is 6.80. The number of carbonyl (C=O) groups excluding carboxylic acids is 1. The first-order valence-electron chi connectivity index (χ1n) is 5.09. The number of hydrogen-bond donors (Lipinski definition) is 2. The van der Waals surface area contributed by atoms with Crippen molar-refractivity contribution in [2.75, 3.05) is 5.75 Å². The molecule has 3 N–H and O–H groups in total. The maximum absolute atomic E-state index is 11.7. The second kappa shape index (κ2) is 4.18. The Morgan fingerprint density at radius 2 is 2.06 bits per heavy atom. The van der Waals surface area contributed by atoms with Gasteiger partial charge >= 0.3 is 0 Å². The largest absolute Gasteiger partial charge is 0.347 e. The summed E-state index contributed by atoms with van der Waals surface area (Å²) in [5.74, 6) is -0.394. The fourth-order valence-corrected chi connectivity index (χ4v) is 2.57. The van der Waals surface area contributed by atoms with Crippen molar-refractivity contribution in [3.8, 4) is 0 Å². The van der Waals surface area contributed by atoms with Crippen LogP contribution in [0.2, 0.25) is 0 Å². The number of hydrogen-bond acceptors (Lipinski definition) is 4. The third-order valence-electron chi connectivity index (χ3n) is 2.47. The van der Waals surface area contributed by atoms with E-state index in [1.165, 1.54) is 6.08 Å². The molecule has 0 aromatic heterocycles. The van der Waals surface area contributed by atoms with Gasteiger partial charge in [-0.25, -0.2) is 8.42 Å². The Balaban J connectivity index is 2.58. The quantitative estimate of drug-likeness (QED) is 0.705. The van der Waals surface area contributed by atoms with Gasteiger partial charge in [0.1, 0.15) is 0 Å². The van der Waals surface area contributed by atoms with Crippen molar-refractivity contribution in [2.45, 2.75) is 32.9 Å². The molecule has 1 unspecified atom stereocenters. The molecule has 0 fully saturated rings. The maximum atomic E-state index is 11.7. The smallest absolute Gasteiger partial charge is 0.237 e. The zero-order valence-electron chi connectivity index (χ0n) is 9.73. The van der Waals surface area contributed by atoms with Crippen LogP contribution in [0, 0.1) is 5.41 Å². The average Bonchev–Trinajstić information content (AvgIpc) is 2.42. The molecule has 0 radical (unpaired) electrons. The summed E-state index contributed by atoms with van der Waals surface area (Å²) in [7, 11) is -3.14. The summed E-state index contributed by atoms with van der Waals surface area (Å²) in [6, 6.07) is -1.10. The molecular formula is C10H18N2O3S.